The summed E-state index contributed by atoms with van der Waals surface area (Å²) in [4.78, 5) is 29.8. The number of nitrogens with zero attached hydrogens (tertiary/aromatic N) is 3. The zero-order chi connectivity index (χ0) is 22.0. The summed E-state index contributed by atoms with van der Waals surface area (Å²) in [5.74, 6) is 0.271. The SMILES string of the molecule is Cc1nc2ccccc2c(=O)n1N=Cc1cc(Br)ccc1OC(=O)c1ccc(Br)cc1. The van der Waals surface area contributed by atoms with Crippen LogP contribution in [0.5, 0.6) is 5.75 Å². The molecule has 31 heavy (non-hydrogen) atoms. The Bertz CT molecular complexity index is 1380. The Labute approximate surface area is 194 Å². The lowest BCUT2D eigenvalue weighted by atomic mass is 10.2. The maximum absolute atomic E-state index is 12.8. The van der Waals surface area contributed by atoms with Gasteiger partial charge >= 0.3 is 5.97 Å². The molecule has 1 heterocycles. The molecule has 0 aliphatic rings. The molecule has 4 aromatic rings. The van der Waals surface area contributed by atoms with Crippen LogP contribution >= 0.6 is 31.9 Å². The van der Waals surface area contributed by atoms with Crippen molar-refractivity contribution in [2.75, 3.05) is 0 Å². The second-order valence-corrected chi connectivity index (χ2v) is 8.45. The largest absolute Gasteiger partial charge is 0.422 e. The molecule has 0 N–H and O–H groups in total. The van der Waals surface area contributed by atoms with Crippen LogP contribution in [0.4, 0.5) is 0 Å². The van der Waals surface area contributed by atoms with Crippen LogP contribution in [0.25, 0.3) is 10.9 Å². The van der Waals surface area contributed by atoms with Gasteiger partial charge in [-0.05, 0) is 61.5 Å². The zero-order valence-corrected chi connectivity index (χ0v) is 19.4. The number of ether oxygens (including phenoxy) is 1. The molecule has 154 valence electrons. The molecule has 6 nitrogen and oxygen atoms in total. The predicted molar refractivity (Wildman–Crippen MR) is 127 cm³/mol. The van der Waals surface area contributed by atoms with E-state index in [9.17, 15) is 9.59 Å². The summed E-state index contributed by atoms with van der Waals surface area (Å²) < 4.78 is 8.44. The Morgan fingerprint density at radius 3 is 2.52 bits per heavy atom. The van der Waals surface area contributed by atoms with Gasteiger partial charge < -0.3 is 4.74 Å². The number of fused-ring (bicyclic) bond motifs is 1. The first-order valence-electron chi connectivity index (χ1n) is 9.22. The first-order chi connectivity index (χ1) is 14.9. The molecule has 3 aromatic carbocycles. The Morgan fingerprint density at radius 1 is 1.03 bits per heavy atom. The van der Waals surface area contributed by atoms with Crippen molar-refractivity contribution in [1.82, 2.24) is 9.66 Å². The summed E-state index contributed by atoms with van der Waals surface area (Å²) in [5, 5.41) is 4.79. The fourth-order valence-corrected chi connectivity index (χ4v) is 3.59. The van der Waals surface area contributed by atoms with E-state index in [1.54, 1.807) is 67.6 Å². The van der Waals surface area contributed by atoms with Gasteiger partial charge in [0.1, 0.15) is 11.6 Å². The van der Waals surface area contributed by atoms with E-state index < -0.39 is 5.97 Å². The van der Waals surface area contributed by atoms with Crippen molar-refractivity contribution in [2.24, 2.45) is 5.10 Å². The van der Waals surface area contributed by atoms with Crippen molar-refractivity contribution in [1.29, 1.82) is 0 Å². The standard InChI is InChI=1S/C23H15Br2N3O3/c1-14-27-20-5-3-2-4-19(20)22(29)28(14)26-13-16-12-18(25)10-11-21(16)31-23(30)15-6-8-17(24)9-7-15/h2-13H,1H3. The Kier molecular flexibility index (Phi) is 6.11. The van der Waals surface area contributed by atoms with Gasteiger partial charge in [-0.3, -0.25) is 4.79 Å². The summed E-state index contributed by atoms with van der Waals surface area (Å²) in [7, 11) is 0. The molecule has 0 atom stereocenters. The number of para-hydroxylation sites is 1. The molecule has 0 aliphatic heterocycles. The summed E-state index contributed by atoms with van der Waals surface area (Å²) in [6.45, 7) is 1.71. The molecule has 0 spiro atoms. The maximum Gasteiger partial charge on any atom is 0.343 e. The fraction of sp³-hybridized carbons (Fsp3) is 0.0435. The summed E-state index contributed by atoms with van der Waals surface area (Å²) in [5.41, 5.74) is 1.28. The lowest BCUT2D eigenvalue weighted by Gasteiger charge is -2.09. The van der Waals surface area contributed by atoms with E-state index in [-0.39, 0.29) is 5.56 Å². The quantitative estimate of drug-likeness (QED) is 0.199. The number of aromatic nitrogens is 2. The average Bonchev–Trinajstić information content (AvgIpc) is 2.75. The highest BCUT2D eigenvalue weighted by atomic mass is 79.9. The second-order valence-electron chi connectivity index (χ2n) is 6.62. The topological polar surface area (TPSA) is 73.6 Å². The van der Waals surface area contributed by atoms with E-state index in [1.165, 1.54) is 10.9 Å². The van der Waals surface area contributed by atoms with Gasteiger partial charge in [0.2, 0.25) is 0 Å². The lowest BCUT2D eigenvalue weighted by Crippen LogP contribution is -2.20. The van der Waals surface area contributed by atoms with Crippen LogP contribution in [-0.2, 0) is 0 Å². The van der Waals surface area contributed by atoms with Crippen LogP contribution in [0.1, 0.15) is 21.7 Å². The Hall–Kier alpha value is -3.10. The van der Waals surface area contributed by atoms with Crippen LogP contribution in [0.15, 0.2) is 85.6 Å². The van der Waals surface area contributed by atoms with Gasteiger partial charge in [-0.1, -0.05) is 44.0 Å². The van der Waals surface area contributed by atoms with E-state index in [0.29, 0.717) is 33.6 Å². The van der Waals surface area contributed by atoms with Crippen molar-refractivity contribution < 1.29 is 9.53 Å². The van der Waals surface area contributed by atoms with E-state index >= 15 is 0 Å². The molecule has 0 amide bonds. The highest BCUT2D eigenvalue weighted by Gasteiger charge is 2.12. The number of hydrogen-bond acceptors (Lipinski definition) is 5. The summed E-state index contributed by atoms with van der Waals surface area (Å²) in [6, 6.07) is 19.1. The molecule has 8 heteroatoms. The minimum Gasteiger partial charge on any atom is -0.422 e. The van der Waals surface area contributed by atoms with Gasteiger partial charge in [-0.25, -0.2) is 9.78 Å². The van der Waals surface area contributed by atoms with Gasteiger partial charge in [0.25, 0.3) is 5.56 Å². The number of esters is 1. The van der Waals surface area contributed by atoms with Crippen molar-refractivity contribution in [3.63, 3.8) is 0 Å². The van der Waals surface area contributed by atoms with E-state index in [4.69, 9.17) is 4.74 Å². The normalized spacial score (nSPS) is 11.2. The molecule has 0 unspecified atom stereocenters. The average molecular weight is 541 g/mol. The summed E-state index contributed by atoms with van der Waals surface area (Å²) >= 11 is 6.76. The maximum atomic E-state index is 12.8. The van der Waals surface area contributed by atoms with Gasteiger partial charge in [0.05, 0.1) is 22.7 Å². The first kappa shape index (κ1) is 21.1. The Morgan fingerprint density at radius 2 is 1.74 bits per heavy atom. The molecule has 0 saturated heterocycles. The lowest BCUT2D eigenvalue weighted by molar-refractivity contribution is 0.0734. The van der Waals surface area contributed by atoms with Gasteiger partial charge in [-0.15, -0.1) is 0 Å². The third kappa shape index (κ3) is 4.65. The highest BCUT2D eigenvalue weighted by Crippen LogP contribution is 2.23. The zero-order valence-electron chi connectivity index (χ0n) is 16.3. The van der Waals surface area contributed by atoms with Crippen LogP contribution in [0, 0.1) is 6.92 Å². The molecule has 0 fully saturated rings. The van der Waals surface area contributed by atoms with Crippen LogP contribution in [0.3, 0.4) is 0 Å². The smallest absolute Gasteiger partial charge is 0.343 e. The Balaban J connectivity index is 1.69. The third-order valence-corrected chi connectivity index (χ3v) is 5.50. The number of benzene rings is 3. The van der Waals surface area contributed by atoms with E-state index in [0.717, 1.165) is 8.95 Å². The summed E-state index contributed by atoms with van der Waals surface area (Å²) in [6.07, 6.45) is 1.47. The molecular formula is C23H15Br2N3O3. The molecular weight excluding hydrogens is 526 g/mol. The fourth-order valence-electron chi connectivity index (χ4n) is 2.95. The monoisotopic (exact) mass is 539 g/mol. The van der Waals surface area contributed by atoms with Crippen LogP contribution in [-0.4, -0.2) is 21.8 Å². The third-order valence-electron chi connectivity index (χ3n) is 4.48. The number of carbonyl (C=O) groups is 1. The number of carbonyl (C=O) groups excluding carboxylic acids is 1. The van der Waals surface area contributed by atoms with Crippen molar-refractivity contribution >= 4 is 54.9 Å². The number of aryl methyl sites for hydroxylation is 1. The van der Waals surface area contributed by atoms with E-state index in [2.05, 4.69) is 41.9 Å². The molecule has 0 saturated carbocycles. The molecule has 0 aliphatic carbocycles. The van der Waals surface area contributed by atoms with Gasteiger partial charge in [-0.2, -0.15) is 9.78 Å². The second kappa shape index (κ2) is 8.95. The van der Waals surface area contributed by atoms with Gasteiger partial charge in [0.15, 0.2) is 0 Å². The molecule has 0 bridgehead atoms. The molecule has 0 radical (unpaired) electrons. The first-order valence-corrected chi connectivity index (χ1v) is 10.8. The molecule has 4 rings (SSSR count). The number of hydrogen-bond donors (Lipinski definition) is 0. The van der Waals surface area contributed by atoms with E-state index in [1.807, 2.05) is 6.07 Å². The van der Waals surface area contributed by atoms with Crippen LogP contribution < -0.4 is 10.3 Å². The predicted octanol–water partition coefficient (Wildman–Crippen LogP) is 5.33. The molecule has 1 aromatic heterocycles. The van der Waals surface area contributed by atoms with Crippen molar-refractivity contribution in [3.05, 3.63) is 103 Å². The minimum atomic E-state index is -0.495. The minimum absolute atomic E-state index is 0.275. The highest BCUT2D eigenvalue weighted by molar-refractivity contribution is 9.10. The number of rotatable bonds is 4. The van der Waals surface area contributed by atoms with Crippen molar-refractivity contribution in [2.45, 2.75) is 6.92 Å². The van der Waals surface area contributed by atoms with Gasteiger partial charge in [0, 0.05) is 14.5 Å². The van der Waals surface area contributed by atoms with Crippen LogP contribution in [0.2, 0.25) is 0 Å². The van der Waals surface area contributed by atoms with Crippen molar-refractivity contribution in [3.8, 4) is 5.75 Å². The number of halogens is 2.